The van der Waals surface area contributed by atoms with Gasteiger partial charge in [-0.05, 0) is 42.4 Å². The maximum absolute atomic E-state index is 11.8. The number of carbonyl (C=O) groups is 2. The second-order valence-electron chi connectivity index (χ2n) is 6.46. The summed E-state index contributed by atoms with van der Waals surface area (Å²) >= 11 is 0. The van der Waals surface area contributed by atoms with Crippen LogP contribution in [0.25, 0.3) is 0 Å². The lowest BCUT2D eigenvalue weighted by Gasteiger charge is -2.20. The minimum absolute atomic E-state index is 0.00829. The fraction of sp³-hybridized carbons (Fsp3) is 0.600. The minimum Gasteiger partial charge on any atom is -0.478 e. The Morgan fingerprint density at radius 3 is 2.17 bits per heavy atom. The largest absolute Gasteiger partial charge is 0.478 e. The van der Waals surface area contributed by atoms with Crippen LogP contribution in [0.5, 0.6) is 0 Å². The maximum atomic E-state index is 11.8. The number of aryl methyl sites for hydroxylation is 1. The Bertz CT molecular complexity index is 563. The molecule has 24 heavy (non-hydrogen) atoms. The Balaban J connectivity index is 3.34. The van der Waals surface area contributed by atoms with Gasteiger partial charge in [0.15, 0.2) is 0 Å². The molecule has 0 amide bonds. The zero-order chi connectivity index (χ0) is 18.1. The third-order valence-corrected chi connectivity index (χ3v) is 4.69. The molecule has 1 atom stereocenters. The van der Waals surface area contributed by atoms with E-state index < -0.39 is 11.9 Å². The number of carboxylic acids is 2. The van der Waals surface area contributed by atoms with E-state index in [-0.39, 0.29) is 11.1 Å². The third-order valence-electron chi connectivity index (χ3n) is 4.69. The van der Waals surface area contributed by atoms with E-state index in [9.17, 15) is 19.8 Å². The average Bonchev–Trinajstić information content (AvgIpc) is 2.56. The second-order valence-corrected chi connectivity index (χ2v) is 6.46. The molecule has 0 aromatic heterocycles. The molecule has 0 saturated carbocycles. The highest BCUT2D eigenvalue weighted by Crippen LogP contribution is 2.27. The third kappa shape index (κ3) is 5.36. The summed E-state index contributed by atoms with van der Waals surface area (Å²) in [6.45, 7) is 6.36. The molecular formula is C20H30O4. The topological polar surface area (TPSA) is 74.6 Å². The number of hydrogen-bond acceptors (Lipinski definition) is 2. The van der Waals surface area contributed by atoms with Crippen molar-refractivity contribution in [3.05, 3.63) is 34.4 Å². The molecule has 1 rings (SSSR count). The molecule has 2 N–H and O–H groups in total. The molecule has 0 aliphatic carbocycles. The highest BCUT2D eigenvalue weighted by atomic mass is 16.4. The van der Waals surface area contributed by atoms with E-state index in [1.54, 1.807) is 0 Å². The summed E-state index contributed by atoms with van der Waals surface area (Å²) in [5, 5.41) is 19.0. The molecule has 0 saturated heterocycles. The monoisotopic (exact) mass is 334 g/mol. The van der Waals surface area contributed by atoms with Gasteiger partial charge in [-0.15, -0.1) is 0 Å². The lowest BCUT2D eigenvalue weighted by molar-refractivity contribution is 0.0650. The summed E-state index contributed by atoms with van der Waals surface area (Å²) in [6.07, 6.45) is 7.71. The van der Waals surface area contributed by atoms with Gasteiger partial charge in [-0.2, -0.15) is 0 Å². The zero-order valence-corrected chi connectivity index (χ0v) is 15.1. The fourth-order valence-corrected chi connectivity index (χ4v) is 3.18. The Hall–Kier alpha value is -1.84. The maximum Gasteiger partial charge on any atom is 0.336 e. The van der Waals surface area contributed by atoms with Gasteiger partial charge in [0.05, 0.1) is 11.1 Å². The first-order valence-electron chi connectivity index (χ1n) is 9.07. The van der Waals surface area contributed by atoms with Gasteiger partial charge in [0.25, 0.3) is 0 Å². The standard InChI is InChI=1S/C20H30O4/c1-4-7-9-14(6-3)13-17-15(10-8-5-2)11-12-16(19(21)22)18(17)20(23)24/h11-12,14H,4-10,13H2,1-3H3,(H,21,22)(H,23,24). The van der Waals surface area contributed by atoms with Crippen molar-refractivity contribution in [2.45, 2.75) is 72.1 Å². The lowest BCUT2D eigenvalue weighted by atomic mass is 9.84. The number of benzene rings is 1. The van der Waals surface area contributed by atoms with Crippen molar-refractivity contribution in [3.63, 3.8) is 0 Å². The van der Waals surface area contributed by atoms with Crippen molar-refractivity contribution in [1.29, 1.82) is 0 Å². The van der Waals surface area contributed by atoms with E-state index in [1.165, 1.54) is 6.07 Å². The average molecular weight is 334 g/mol. The molecule has 1 aromatic carbocycles. The number of carboxylic acid groups (broad SMARTS) is 2. The van der Waals surface area contributed by atoms with E-state index in [1.807, 2.05) is 6.07 Å². The normalized spacial score (nSPS) is 12.1. The Kier molecular flexibility index (Phi) is 8.51. The van der Waals surface area contributed by atoms with Crippen LogP contribution in [0.1, 0.15) is 91.1 Å². The van der Waals surface area contributed by atoms with E-state index in [0.29, 0.717) is 12.3 Å². The number of aromatic carboxylic acids is 2. The predicted octanol–water partition coefficient (Wildman–Crippen LogP) is 5.18. The summed E-state index contributed by atoms with van der Waals surface area (Å²) in [7, 11) is 0. The first kappa shape index (κ1) is 20.2. The van der Waals surface area contributed by atoms with Gasteiger partial charge in [-0.3, -0.25) is 0 Å². The Labute approximate surface area is 144 Å². The van der Waals surface area contributed by atoms with Crippen LogP contribution in [0.2, 0.25) is 0 Å². The van der Waals surface area contributed by atoms with Crippen LogP contribution in [0.3, 0.4) is 0 Å². The molecule has 0 spiro atoms. The van der Waals surface area contributed by atoms with E-state index >= 15 is 0 Å². The number of unbranched alkanes of at least 4 members (excludes halogenated alkanes) is 2. The Morgan fingerprint density at radius 2 is 1.67 bits per heavy atom. The van der Waals surface area contributed by atoms with Crippen molar-refractivity contribution in [2.24, 2.45) is 5.92 Å². The van der Waals surface area contributed by atoms with Gasteiger partial charge in [-0.25, -0.2) is 9.59 Å². The van der Waals surface area contributed by atoms with Crippen LogP contribution >= 0.6 is 0 Å². The van der Waals surface area contributed by atoms with E-state index in [4.69, 9.17) is 0 Å². The molecule has 0 aliphatic rings. The summed E-state index contributed by atoms with van der Waals surface area (Å²) in [4.78, 5) is 23.3. The summed E-state index contributed by atoms with van der Waals surface area (Å²) < 4.78 is 0. The molecule has 1 aromatic rings. The van der Waals surface area contributed by atoms with Crippen LogP contribution in [0.4, 0.5) is 0 Å². The smallest absolute Gasteiger partial charge is 0.336 e. The van der Waals surface area contributed by atoms with Gasteiger partial charge in [-0.1, -0.05) is 58.9 Å². The first-order valence-corrected chi connectivity index (χ1v) is 9.07. The van der Waals surface area contributed by atoms with Gasteiger partial charge in [0.2, 0.25) is 0 Å². The zero-order valence-electron chi connectivity index (χ0n) is 15.1. The number of hydrogen-bond donors (Lipinski definition) is 2. The highest BCUT2D eigenvalue weighted by molar-refractivity contribution is 6.03. The molecule has 4 heteroatoms. The molecule has 134 valence electrons. The van der Waals surface area contributed by atoms with Crippen molar-refractivity contribution in [1.82, 2.24) is 0 Å². The van der Waals surface area contributed by atoms with Crippen LogP contribution in [0.15, 0.2) is 12.1 Å². The highest BCUT2D eigenvalue weighted by Gasteiger charge is 2.24. The molecule has 0 radical (unpaired) electrons. The van der Waals surface area contributed by atoms with E-state index in [0.717, 1.165) is 56.1 Å². The van der Waals surface area contributed by atoms with Crippen LogP contribution in [-0.2, 0) is 12.8 Å². The first-order chi connectivity index (χ1) is 11.5. The second kappa shape index (κ2) is 10.1. The van der Waals surface area contributed by atoms with Crippen LogP contribution in [0, 0.1) is 5.92 Å². The lowest BCUT2D eigenvalue weighted by Crippen LogP contribution is -2.16. The van der Waals surface area contributed by atoms with Crippen LogP contribution in [-0.4, -0.2) is 22.2 Å². The van der Waals surface area contributed by atoms with Crippen molar-refractivity contribution in [3.8, 4) is 0 Å². The molecule has 0 heterocycles. The fourth-order valence-electron chi connectivity index (χ4n) is 3.18. The minimum atomic E-state index is -1.17. The van der Waals surface area contributed by atoms with Crippen LogP contribution < -0.4 is 0 Å². The predicted molar refractivity (Wildman–Crippen MR) is 96.0 cm³/mol. The number of rotatable bonds is 11. The van der Waals surface area contributed by atoms with Gasteiger partial charge in [0, 0.05) is 0 Å². The Morgan fingerprint density at radius 1 is 1.00 bits per heavy atom. The quantitative estimate of drug-likeness (QED) is 0.584. The molecule has 0 bridgehead atoms. The van der Waals surface area contributed by atoms with Crippen molar-refractivity contribution in [2.75, 3.05) is 0 Å². The van der Waals surface area contributed by atoms with Gasteiger partial charge in [0.1, 0.15) is 0 Å². The summed E-state index contributed by atoms with van der Waals surface area (Å²) in [6, 6.07) is 3.26. The molecule has 4 nitrogen and oxygen atoms in total. The summed E-state index contributed by atoms with van der Waals surface area (Å²) in [5.74, 6) is -1.91. The summed E-state index contributed by atoms with van der Waals surface area (Å²) in [5.41, 5.74) is 1.63. The van der Waals surface area contributed by atoms with Crippen molar-refractivity contribution >= 4 is 11.9 Å². The van der Waals surface area contributed by atoms with Crippen molar-refractivity contribution < 1.29 is 19.8 Å². The van der Waals surface area contributed by atoms with Gasteiger partial charge < -0.3 is 10.2 Å². The molecule has 1 unspecified atom stereocenters. The molecule has 0 aliphatic heterocycles. The van der Waals surface area contributed by atoms with E-state index in [2.05, 4.69) is 20.8 Å². The van der Waals surface area contributed by atoms with Gasteiger partial charge >= 0.3 is 11.9 Å². The molecular weight excluding hydrogens is 304 g/mol. The molecule has 0 fully saturated rings. The SMILES string of the molecule is CCCCc1ccc(C(=O)O)c(C(=O)O)c1CC(CC)CCCC.